The van der Waals surface area contributed by atoms with E-state index in [2.05, 4.69) is 25.6 Å². The molecule has 1 aliphatic heterocycles. The van der Waals surface area contributed by atoms with E-state index in [1.54, 1.807) is 0 Å². The molecule has 0 aromatic heterocycles. The number of hydrogen-bond donors (Lipinski definition) is 1. The van der Waals surface area contributed by atoms with Crippen molar-refractivity contribution in [1.82, 2.24) is 0 Å². The normalized spacial score (nSPS) is 28.2. The van der Waals surface area contributed by atoms with Crippen LogP contribution in [0.2, 0.25) is 0 Å². The molecular formula is C8H17NS. The van der Waals surface area contributed by atoms with Gasteiger partial charge in [0, 0.05) is 5.25 Å². The summed E-state index contributed by atoms with van der Waals surface area (Å²) in [7, 11) is 0. The summed E-state index contributed by atoms with van der Waals surface area (Å²) in [4.78, 5) is 0. The molecule has 2 atom stereocenters. The minimum atomic E-state index is 0.763. The van der Waals surface area contributed by atoms with E-state index in [-0.39, 0.29) is 0 Å². The van der Waals surface area contributed by atoms with Gasteiger partial charge in [0.2, 0.25) is 0 Å². The second-order valence-electron chi connectivity index (χ2n) is 3.34. The van der Waals surface area contributed by atoms with Crippen LogP contribution >= 0.6 is 11.8 Å². The number of rotatable bonds is 3. The monoisotopic (exact) mass is 159 g/mol. The van der Waals surface area contributed by atoms with Crippen LogP contribution in [0.15, 0.2) is 0 Å². The predicted molar refractivity (Wildman–Crippen MR) is 48.2 cm³/mol. The van der Waals surface area contributed by atoms with E-state index in [1.165, 1.54) is 12.2 Å². The average Bonchev–Trinajstić information content (AvgIpc) is 1.76. The van der Waals surface area contributed by atoms with Gasteiger partial charge in [-0.25, -0.2) is 0 Å². The summed E-state index contributed by atoms with van der Waals surface area (Å²) < 4.78 is 0. The Kier molecular flexibility index (Phi) is 3.05. The first-order valence-electron chi connectivity index (χ1n) is 4.07. The minimum absolute atomic E-state index is 0.763. The highest BCUT2D eigenvalue weighted by molar-refractivity contribution is 8.01. The zero-order valence-electron chi connectivity index (χ0n) is 6.84. The summed E-state index contributed by atoms with van der Waals surface area (Å²) in [6, 6.07) is 0. The minimum Gasteiger partial charge on any atom is -0.330 e. The largest absolute Gasteiger partial charge is 0.330 e. The topological polar surface area (TPSA) is 26.0 Å². The summed E-state index contributed by atoms with van der Waals surface area (Å²) >= 11 is 2.09. The van der Waals surface area contributed by atoms with Crippen LogP contribution in [0.5, 0.6) is 0 Å². The molecular weight excluding hydrogens is 142 g/mol. The van der Waals surface area contributed by atoms with Crippen LogP contribution in [0.4, 0.5) is 0 Å². The van der Waals surface area contributed by atoms with Gasteiger partial charge in [0.15, 0.2) is 0 Å². The van der Waals surface area contributed by atoms with Crippen LogP contribution < -0.4 is 5.73 Å². The maximum absolute atomic E-state index is 5.67. The van der Waals surface area contributed by atoms with E-state index in [1.807, 2.05) is 0 Å². The number of nitrogens with two attached hydrogens (primary N) is 1. The highest BCUT2D eigenvalue weighted by Crippen LogP contribution is 2.36. The van der Waals surface area contributed by atoms with Gasteiger partial charge >= 0.3 is 0 Å². The van der Waals surface area contributed by atoms with Gasteiger partial charge in [-0.05, 0) is 30.6 Å². The van der Waals surface area contributed by atoms with Gasteiger partial charge in [-0.1, -0.05) is 13.8 Å². The van der Waals surface area contributed by atoms with Gasteiger partial charge in [-0.3, -0.25) is 0 Å². The Balaban J connectivity index is 2.31. The molecule has 2 N–H and O–H groups in total. The number of hydrogen-bond acceptors (Lipinski definition) is 2. The van der Waals surface area contributed by atoms with Crippen LogP contribution in [-0.4, -0.2) is 17.5 Å². The lowest BCUT2D eigenvalue weighted by Crippen LogP contribution is -2.35. The molecule has 0 aromatic carbocycles. The van der Waals surface area contributed by atoms with Gasteiger partial charge in [0.1, 0.15) is 0 Å². The van der Waals surface area contributed by atoms with Gasteiger partial charge in [-0.2, -0.15) is 11.8 Å². The first-order chi connectivity index (χ1) is 4.75. The lowest BCUT2D eigenvalue weighted by Gasteiger charge is -2.34. The Morgan fingerprint density at radius 1 is 1.60 bits per heavy atom. The third-order valence-corrected chi connectivity index (χ3v) is 3.83. The average molecular weight is 159 g/mol. The highest BCUT2D eigenvalue weighted by atomic mass is 32.2. The van der Waals surface area contributed by atoms with E-state index < -0.39 is 0 Å². The third-order valence-electron chi connectivity index (χ3n) is 2.34. The molecule has 0 amide bonds. The first kappa shape index (κ1) is 8.41. The first-order valence-corrected chi connectivity index (χ1v) is 5.12. The lowest BCUT2D eigenvalue weighted by atomic mass is 9.91. The molecule has 0 aromatic rings. The molecule has 2 heteroatoms. The molecule has 1 aliphatic rings. The molecule has 10 heavy (non-hydrogen) atoms. The summed E-state index contributed by atoms with van der Waals surface area (Å²) in [5.74, 6) is 2.88. The maximum atomic E-state index is 5.67. The zero-order chi connectivity index (χ0) is 7.56. The van der Waals surface area contributed by atoms with Crippen molar-refractivity contribution in [2.45, 2.75) is 25.5 Å². The van der Waals surface area contributed by atoms with Gasteiger partial charge in [0.25, 0.3) is 0 Å². The summed E-state index contributed by atoms with van der Waals surface area (Å²) in [6.45, 7) is 5.42. The molecule has 60 valence electrons. The molecule has 0 spiro atoms. The van der Waals surface area contributed by atoms with E-state index in [9.17, 15) is 0 Å². The van der Waals surface area contributed by atoms with Crippen molar-refractivity contribution in [3.8, 4) is 0 Å². The Labute approximate surface area is 67.8 Å². The molecule has 0 bridgehead atoms. The second-order valence-corrected chi connectivity index (χ2v) is 4.69. The molecule has 0 saturated carbocycles. The van der Waals surface area contributed by atoms with Crippen molar-refractivity contribution >= 4 is 11.8 Å². The molecule has 1 heterocycles. The summed E-state index contributed by atoms with van der Waals surface area (Å²) in [5, 5.41) is 0.880. The molecule has 0 aliphatic carbocycles. The molecule has 1 saturated heterocycles. The van der Waals surface area contributed by atoms with E-state index in [4.69, 9.17) is 5.73 Å². The van der Waals surface area contributed by atoms with Crippen molar-refractivity contribution in [3.63, 3.8) is 0 Å². The fraction of sp³-hybridized carbons (Fsp3) is 1.00. The standard InChI is InChI=1S/C8H17NS/c1-6(2)7(5-9)8-3-4-10-8/h6-8H,3-5,9H2,1-2H3. The fourth-order valence-electron chi connectivity index (χ4n) is 1.44. The van der Waals surface area contributed by atoms with E-state index >= 15 is 0 Å². The summed E-state index contributed by atoms with van der Waals surface area (Å²) in [6.07, 6.45) is 1.39. The molecule has 0 radical (unpaired) electrons. The van der Waals surface area contributed by atoms with E-state index in [0.29, 0.717) is 0 Å². The van der Waals surface area contributed by atoms with Crippen molar-refractivity contribution in [1.29, 1.82) is 0 Å². The quantitative estimate of drug-likeness (QED) is 0.678. The van der Waals surface area contributed by atoms with Crippen LogP contribution in [0.25, 0.3) is 0 Å². The van der Waals surface area contributed by atoms with Gasteiger partial charge in [0.05, 0.1) is 0 Å². The Morgan fingerprint density at radius 3 is 2.30 bits per heavy atom. The fourth-order valence-corrected chi connectivity index (χ4v) is 2.63. The summed E-state index contributed by atoms with van der Waals surface area (Å²) in [5.41, 5.74) is 5.67. The SMILES string of the molecule is CC(C)C(CN)C1CCS1. The zero-order valence-corrected chi connectivity index (χ0v) is 7.66. The van der Waals surface area contributed by atoms with Gasteiger partial charge in [-0.15, -0.1) is 0 Å². The van der Waals surface area contributed by atoms with Gasteiger partial charge < -0.3 is 5.73 Å². The van der Waals surface area contributed by atoms with Crippen LogP contribution in [0.3, 0.4) is 0 Å². The van der Waals surface area contributed by atoms with Crippen molar-refractivity contribution in [3.05, 3.63) is 0 Å². The smallest absolute Gasteiger partial charge is 0.00976 e. The van der Waals surface area contributed by atoms with Crippen LogP contribution in [-0.2, 0) is 0 Å². The highest BCUT2D eigenvalue weighted by Gasteiger charge is 2.28. The second kappa shape index (κ2) is 3.63. The van der Waals surface area contributed by atoms with E-state index in [0.717, 1.165) is 23.6 Å². The molecule has 1 fully saturated rings. The lowest BCUT2D eigenvalue weighted by molar-refractivity contribution is 0.367. The van der Waals surface area contributed by atoms with Crippen molar-refractivity contribution in [2.75, 3.05) is 12.3 Å². The third kappa shape index (κ3) is 1.67. The molecule has 2 unspecified atom stereocenters. The van der Waals surface area contributed by atoms with Crippen LogP contribution in [0, 0.1) is 11.8 Å². The Morgan fingerprint density at radius 2 is 2.20 bits per heavy atom. The maximum Gasteiger partial charge on any atom is 0.00976 e. The predicted octanol–water partition coefficient (Wildman–Crippen LogP) is 1.72. The molecule has 1 nitrogen and oxygen atoms in total. The van der Waals surface area contributed by atoms with Crippen LogP contribution in [0.1, 0.15) is 20.3 Å². The van der Waals surface area contributed by atoms with Crippen molar-refractivity contribution < 1.29 is 0 Å². The number of thioether (sulfide) groups is 1. The molecule has 1 rings (SSSR count). The Bertz CT molecular complexity index is 99.4. The Hall–Kier alpha value is 0.310. The van der Waals surface area contributed by atoms with Crippen molar-refractivity contribution in [2.24, 2.45) is 17.6 Å².